The van der Waals surface area contributed by atoms with E-state index in [1.54, 1.807) is 5.57 Å². The van der Waals surface area contributed by atoms with Gasteiger partial charge >= 0.3 is 0 Å². The lowest BCUT2D eigenvalue weighted by molar-refractivity contribution is 0.166. The molecule has 1 heteroatoms. The zero-order valence-corrected chi connectivity index (χ0v) is 8.43. The monoisotopic (exact) mass is 165 g/mol. The van der Waals surface area contributed by atoms with Crippen molar-refractivity contribution in [2.75, 3.05) is 13.1 Å². The van der Waals surface area contributed by atoms with Crippen molar-refractivity contribution >= 4 is 0 Å². The van der Waals surface area contributed by atoms with E-state index in [1.165, 1.54) is 25.9 Å². The number of hydrogen-bond acceptors (Lipinski definition) is 1. The summed E-state index contributed by atoms with van der Waals surface area (Å²) in [6.07, 6.45) is 5.29. The molecule has 0 bridgehead atoms. The first-order valence-electron chi connectivity index (χ1n) is 5.08. The van der Waals surface area contributed by atoms with E-state index >= 15 is 0 Å². The Morgan fingerprint density at radius 3 is 2.83 bits per heavy atom. The molecule has 0 amide bonds. The lowest BCUT2D eigenvalue weighted by Gasteiger charge is -2.35. The summed E-state index contributed by atoms with van der Waals surface area (Å²) >= 11 is 0. The third-order valence-corrected chi connectivity index (χ3v) is 3.53. The van der Waals surface area contributed by atoms with Crippen LogP contribution in [0.2, 0.25) is 0 Å². The topological polar surface area (TPSA) is 3.24 Å². The van der Waals surface area contributed by atoms with Gasteiger partial charge in [0.05, 0.1) is 0 Å². The van der Waals surface area contributed by atoms with Gasteiger partial charge in [-0.05, 0) is 32.2 Å². The van der Waals surface area contributed by atoms with E-state index in [2.05, 4.69) is 31.7 Å². The molecule has 2 heterocycles. The van der Waals surface area contributed by atoms with E-state index in [4.69, 9.17) is 0 Å². The van der Waals surface area contributed by atoms with Gasteiger partial charge in [0.25, 0.3) is 0 Å². The molecule has 0 spiro atoms. The fourth-order valence-corrected chi connectivity index (χ4v) is 2.90. The summed E-state index contributed by atoms with van der Waals surface area (Å²) < 4.78 is 0. The Labute approximate surface area is 75.4 Å². The maximum absolute atomic E-state index is 2.66. The maximum Gasteiger partial charge on any atom is 0.0421 e. The molecule has 68 valence electrons. The summed E-state index contributed by atoms with van der Waals surface area (Å²) in [5.41, 5.74) is 2.02. The molecule has 1 fully saturated rings. The molecule has 2 aliphatic rings. The molecule has 2 rings (SSSR count). The van der Waals surface area contributed by atoms with Gasteiger partial charge in [-0.15, -0.1) is 0 Å². The molecule has 1 saturated heterocycles. The van der Waals surface area contributed by atoms with Crippen molar-refractivity contribution in [2.24, 2.45) is 5.92 Å². The number of rotatable bonds is 1. The molecule has 0 saturated carbocycles. The third kappa shape index (κ3) is 0.957. The fourth-order valence-electron chi connectivity index (χ4n) is 2.90. The minimum absolute atomic E-state index is 0.448. The Bertz CT molecular complexity index is 217. The van der Waals surface area contributed by atoms with Crippen molar-refractivity contribution in [3.63, 3.8) is 0 Å². The first-order valence-corrected chi connectivity index (χ1v) is 5.08. The fraction of sp³-hybridized carbons (Fsp3) is 0.818. The van der Waals surface area contributed by atoms with Crippen LogP contribution in [0, 0.1) is 5.92 Å². The van der Waals surface area contributed by atoms with Crippen molar-refractivity contribution in [1.82, 2.24) is 4.90 Å². The van der Waals surface area contributed by atoms with Crippen LogP contribution < -0.4 is 0 Å². The molecule has 0 aromatic heterocycles. The average molecular weight is 165 g/mol. The summed E-state index contributed by atoms with van der Waals surface area (Å²) in [5.74, 6) is 0.775. The van der Waals surface area contributed by atoms with Gasteiger partial charge in [0.2, 0.25) is 0 Å². The largest absolute Gasteiger partial charge is 0.290 e. The van der Waals surface area contributed by atoms with Crippen molar-refractivity contribution in [1.29, 1.82) is 0 Å². The standard InChI is InChI=1S/C11H19N/c1-9(2)11-5-4-6-12(11)8-10(3)7-11/h7,9H,4-6,8H2,1-3H3. The predicted octanol–water partition coefficient (Wildman–Crippen LogP) is 2.44. The Kier molecular flexibility index (Phi) is 1.80. The summed E-state index contributed by atoms with van der Waals surface area (Å²) in [5, 5.41) is 0. The third-order valence-electron chi connectivity index (χ3n) is 3.53. The normalized spacial score (nSPS) is 35.8. The van der Waals surface area contributed by atoms with Crippen molar-refractivity contribution < 1.29 is 0 Å². The van der Waals surface area contributed by atoms with Gasteiger partial charge in [-0.3, -0.25) is 4.90 Å². The molecule has 0 N–H and O–H groups in total. The Balaban J connectivity index is 2.30. The van der Waals surface area contributed by atoms with Gasteiger partial charge in [0.1, 0.15) is 0 Å². The lowest BCUT2D eigenvalue weighted by Crippen LogP contribution is -2.42. The molecule has 0 aliphatic carbocycles. The number of hydrogen-bond donors (Lipinski definition) is 0. The van der Waals surface area contributed by atoms with E-state index in [0.29, 0.717) is 5.54 Å². The van der Waals surface area contributed by atoms with Crippen LogP contribution in [0.4, 0.5) is 0 Å². The van der Waals surface area contributed by atoms with E-state index in [9.17, 15) is 0 Å². The van der Waals surface area contributed by atoms with Crippen LogP contribution in [-0.4, -0.2) is 23.5 Å². The Hall–Kier alpha value is -0.300. The Morgan fingerprint density at radius 2 is 2.25 bits per heavy atom. The van der Waals surface area contributed by atoms with Crippen LogP contribution in [0.1, 0.15) is 33.6 Å². The van der Waals surface area contributed by atoms with Gasteiger partial charge < -0.3 is 0 Å². The van der Waals surface area contributed by atoms with Crippen LogP contribution >= 0.6 is 0 Å². The smallest absolute Gasteiger partial charge is 0.0421 e. The highest BCUT2D eigenvalue weighted by molar-refractivity contribution is 5.25. The quantitative estimate of drug-likeness (QED) is 0.539. The maximum atomic E-state index is 2.66. The van der Waals surface area contributed by atoms with E-state index in [0.717, 1.165) is 5.92 Å². The molecular formula is C11H19N. The average Bonchev–Trinajstić information content (AvgIpc) is 2.42. The highest BCUT2D eigenvalue weighted by Crippen LogP contribution is 2.41. The Morgan fingerprint density at radius 1 is 1.50 bits per heavy atom. The lowest BCUT2D eigenvalue weighted by atomic mass is 9.85. The van der Waals surface area contributed by atoms with Gasteiger partial charge in [-0.1, -0.05) is 25.5 Å². The first kappa shape index (κ1) is 8.31. The van der Waals surface area contributed by atoms with E-state index < -0.39 is 0 Å². The molecule has 1 unspecified atom stereocenters. The second-order valence-electron chi connectivity index (χ2n) is 4.66. The van der Waals surface area contributed by atoms with Crippen molar-refractivity contribution in [3.8, 4) is 0 Å². The van der Waals surface area contributed by atoms with Gasteiger partial charge in [0.15, 0.2) is 0 Å². The highest BCUT2D eigenvalue weighted by atomic mass is 15.2. The van der Waals surface area contributed by atoms with E-state index in [1.807, 2.05) is 0 Å². The molecule has 0 aromatic carbocycles. The van der Waals surface area contributed by atoms with Crippen LogP contribution in [0.15, 0.2) is 11.6 Å². The second kappa shape index (κ2) is 2.59. The molecule has 1 atom stereocenters. The zero-order chi connectivity index (χ0) is 8.77. The second-order valence-corrected chi connectivity index (χ2v) is 4.66. The molecular weight excluding hydrogens is 146 g/mol. The molecule has 0 aromatic rings. The molecule has 12 heavy (non-hydrogen) atoms. The van der Waals surface area contributed by atoms with Crippen molar-refractivity contribution in [3.05, 3.63) is 11.6 Å². The van der Waals surface area contributed by atoms with Crippen LogP contribution in [0.5, 0.6) is 0 Å². The SMILES string of the molecule is CC1=CC2(C(C)C)CCCN2C1. The van der Waals surface area contributed by atoms with Crippen LogP contribution in [0.3, 0.4) is 0 Å². The minimum atomic E-state index is 0.448. The first-order chi connectivity index (χ1) is 5.65. The van der Waals surface area contributed by atoms with Gasteiger partial charge in [0, 0.05) is 12.1 Å². The summed E-state index contributed by atoms with van der Waals surface area (Å²) in [7, 11) is 0. The van der Waals surface area contributed by atoms with Gasteiger partial charge in [-0.25, -0.2) is 0 Å². The van der Waals surface area contributed by atoms with E-state index in [-0.39, 0.29) is 0 Å². The van der Waals surface area contributed by atoms with Gasteiger partial charge in [-0.2, -0.15) is 0 Å². The van der Waals surface area contributed by atoms with Crippen LogP contribution in [0.25, 0.3) is 0 Å². The zero-order valence-electron chi connectivity index (χ0n) is 8.43. The molecule has 2 aliphatic heterocycles. The summed E-state index contributed by atoms with van der Waals surface area (Å²) in [6, 6.07) is 0. The number of fused-ring (bicyclic) bond motifs is 1. The molecule has 1 nitrogen and oxygen atoms in total. The predicted molar refractivity (Wildman–Crippen MR) is 52.1 cm³/mol. The number of nitrogens with zero attached hydrogens (tertiary/aromatic N) is 1. The summed E-state index contributed by atoms with van der Waals surface area (Å²) in [4.78, 5) is 2.66. The summed E-state index contributed by atoms with van der Waals surface area (Å²) in [6.45, 7) is 9.51. The minimum Gasteiger partial charge on any atom is -0.290 e. The highest BCUT2D eigenvalue weighted by Gasteiger charge is 2.44. The van der Waals surface area contributed by atoms with Crippen LogP contribution in [-0.2, 0) is 0 Å². The molecule has 0 radical (unpaired) electrons. The van der Waals surface area contributed by atoms with Crippen molar-refractivity contribution in [2.45, 2.75) is 39.2 Å².